The summed E-state index contributed by atoms with van der Waals surface area (Å²) in [6.07, 6.45) is -0.292. The summed E-state index contributed by atoms with van der Waals surface area (Å²) in [4.78, 5) is 10.7. The zero-order chi connectivity index (χ0) is 8.85. The van der Waals surface area contributed by atoms with E-state index in [1.807, 2.05) is 0 Å². The molecule has 4 heteroatoms. The van der Waals surface area contributed by atoms with Gasteiger partial charge in [0.05, 0.1) is 11.9 Å². The Hall–Kier alpha value is -0.540. The van der Waals surface area contributed by atoms with Crippen LogP contribution in [0.4, 0.5) is 0 Å². The molecule has 0 aromatic rings. The maximum atomic E-state index is 10.7. The Bertz CT molecular complexity index is 156. The fourth-order valence-corrected chi connectivity index (χ4v) is 0.393. The highest BCUT2D eigenvalue weighted by molar-refractivity contribution is 6.07. The first kappa shape index (κ1) is 10.5. The molecule has 3 nitrogen and oxygen atoms in total. The Morgan fingerprint density at radius 3 is 2.64 bits per heavy atom. The summed E-state index contributed by atoms with van der Waals surface area (Å²) in [5, 5.41) is 0. The molecule has 0 bridgehead atoms. The summed E-state index contributed by atoms with van der Waals surface area (Å²) in [6, 6.07) is 0. The van der Waals surface area contributed by atoms with Crippen LogP contribution in [0.3, 0.4) is 0 Å². The highest BCUT2D eigenvalue weighted by atomic mass is 35.5. The fourth-order valence-electron chi connectivity index (χ4n) is 0.342. The smallest absolute Gasteiger partial charge is 0.333 e. The van der Waals surface area contributed by atoms with Gasteiger partial charge in [0.25, 0.3) is 0 Å². The molecule has 1 atom stereocenters. The molecule has 0 amide bonds. The van der Waals surface area contributed by atoms with E-state index < -0.39 is 5.97 Å². The summed E-state index contributed by atoms with van der Waals surface area (Å²) in [6.45, 7) is 6.83. The number of ether oxygens (including phenoxy) is 1. The van der Waals surface area contributed by atoms with Gasteiger partial charge in [-0.1, -0.05) is 6.58 Å². The topological polar surface area (TPSA) is 35.5 Å². The highest BCUT2D eigenvalue weighted by Crippen LogP contribution is 1.98. The number of esters is 1. The van der Waals surface area contributed by atoms with Crippen LogP contribution in [0.15, 0.2) is 12.2 Å². The Balaban J connectivity index is 3.54. The first-order valence-electron chi connectivity index (χ1n) is 3.18. The first-order chi connectivity index (χ1) is 5.07. The maximum absolute atomic E-state index is 10.7. The molecule has 0 rings (SSSR count). The van der Waals surface area contributed by atoms with E-state index in [0.29, 0.717) is 5.57 Å². The summed E-state index contributed by atoms with van der Waals surface area (Å²) in [5.74, 6) is -0.425. The summed E-state index contributed by atoms with van der Waals surface area (Å²) in [5.41, 5.74) is 0.367. The van der Waals surface area contributed by atoms with E-state index in [9.17, 15) is 4.79 Å². The Kier molecular flexibility index (Phi) is 4.90. The number of halogens is 1. The average molecular weight is 179 g/mol. The molecule has 0 saturated carbocycles. The SMILES string of the molecule is C=C(C)C(=O)OCC(C)OCl. The number of rotatable bonds is 4. The van der Waals surface area contributed by atoms with Gasteiger partial charge in [0.2, 0.25) is 0 Å². The minimum Gasteiger partial charge on any atom is -0.460 e. The lowest BCUT2D eigenvalue weighted by Gasteiger charge is -2.07. The molecule has 0 aliphatic carbocycles. The van der Waals surface area contributed by atoms with Crippen LogP contribution < -0.4 is 0 Å². The average Bonchev–Trinajstić information content (AvgIpc) is 1.99. The Labute approximate surface area is 71.1 Å². The molecule has 0 radical (unpaired) electrons. The molecule has 11 heavy (non-hydrogen) atoms. The van der Waals surface area contributed by atoms with Crippen molar-refractivity contribution in [2.24, 2.45) is 0 Å². The standard InChI is InChI=1S/C7H11ClO3/c1-5(2)7(9)10-4-6(3)11-8/h6H,1,4H2,2-3H3. The fraction of sp³-hybridized carbons (Fsp3) is 0.571. The van der Waals surface area contributed by atoms with E-state index in [1.54, 1.807) is 13.8 Å². The van der Waals surface area contributed by atoms with E-state index in [2.05, 4.69) is 10.9 Å². The Morgan fingerprint density at radius 2 is 2.27 bits per heavy atom. The second-order valence-electron chi connectivity index (χ2n) is 2.28. The predicted molar refractivity (Wildman–Crippen MR) is 42.2 cm³/mol. The van der Waals surface area contributed by atoms with Gasteiger partial charge in [0.1, 0.15) is 12.7 Å². The molecule has 1 unspecified atom stereocenters. The maximum Gasteiger partial charge on any atom is 0.333 e. The van der Waals surface area contributed by atoms with Crippen LogP contribution in [-0.2, 0) is 13.8 Å². The zero-order valence-corrected chi connectivity index (χ0v) is 7.35. The van der Waals surface area contributed by atoms with Gasteiger partial charge >= 0.3 is 5.97 Å². The minimum atomic E-state index is -0.425. The lowest BCUT2D eigenvalue weighted by atomic mass is 10.3. The van der Waals surface area contributed by atoms with Gasteiger partial charge in [-0.15, -0.1) is 0 Å². The Morgan fingerprint density at radius 1 is 1.73 bits per heavy atom. The lowest BCUT2D eigenvalue weighted by Crippen LogP contribution is -2.16. The van der Waals surface area contributed by atoms with Gasteiger partial charge in [-0.05, 0) is 13.8 Å². The van der Waals surface area contributed by atoms with E-state index in [4.69, 9.17) is 16.6 Å². The van der Waals surface area contributed by atoms with Crippen LogP contribution in [-0.4, -0.2) is 18.7 Å². The number of carbonyl (C=O) groups is 1. The number of hydrogen-bond donors (Lipinski definition) is 0. The van der Waals surface area contributed by atoms with Gasteiger partial charge in [0.15, 0.2) is 0 Å². The molecule has 0 aliphatic heterocycles. The van der Waals surface area contributed by atoms with Crippen molar-refractivity contribution in [3.05, 3.63) is 12.2 Å². The molecule has 0 aromatic heterocycles. The van der Waals surface area contributed by atoms with E-state index >= 15 is 0 Å². The summed E-state index contributed by atoms with van der Waals surface area (Å²) in [7, 11) is 0. The van der Waals surface area contributed by atoms with Crippen molar-refractivity contribution in [3.63, 3.8) is 0 Å². The van der Waals surface area contributed by atoms with Gasteiger partial charge < -0.3 is 4.74 Å². The van der Waals surface area contributed by atoms with Gasteiger partial charge in [0, 0.05) is 5.57 Å². The quantitative estimate of drug-likeness (QED) is 0.485. The largest absolute Gasteiger partial charge is 0.460 e. The molecule has 0 fully saturated rings. The summed E-state index contributed by atoms with van der Waals surface area (Å²) >= 11 is 5.00. The molecule has 0 saturated heterocycles. The number of carbonyl (C=O) groups excluding carboxylic acids is 1. The van der Waals surface area contributed by atoms with E-state index in [-0.39, 0.29) is 12.7 Å². The lowest BCUT2D eigenvalue weighted by molar-refractivity contribution is -0.141. The molecular weight excluding hydrogens is 168 g/mol. The van der Waals surface area contributed by atoms with Crippen LogP contribution in [0.2, 0.25) is 0 Å². The van der Waals surface area contributed by atoms with Gasteiger partial charge in [-0.25, -0.2) is 4.79 Å². The summed E-state index contributed by atoms with van der Waals surface area (Å²) < 4.78 is 9.05. The van der Waals surface area contributed by atoms with Crippen molar-refractivity contribution in [2.75, 3.05) is 6.61 Å². The molecular formula is C7H11ClO3. The van der Waals surface area contributed by atoms with Crippen molar-refractivity contribution in [3.8, 4) is 0 Å². The molecule has 0 heterocycles. The molecule has 0 aromatic carbocycles. The van der Waals surface area contributed by atoms with E-state index in [0.717, 1.165) is 0 Å². The highest BCUT2D eigenvalue weighted by Gasteiger charge is 2.06. The first-order valence-corrected chi connectivity index (χ1v) is 3.48. The van der Waals surface area contributed by atoms with Crippen molar-refractivity contribution in [1.82, 2.24) is 0 Å². The third-order valence-corrected chi connectivity index (χ3v) is 1.25. The van der Waals surface area contributed by atoms with Crippen LogP contribution in [0.1, 0.15) is 13.8 Å². The molecule has 0 aliphatic rings. The van der Waals surface area contributed by atoms with Crippen molar-refractivity contribution in [2.45, 2.75) is 20.0 Å². The van der Waals surface area contributed by atoms with Crippen LogP contribution in [0.5, 0.6) is 0 Å². The molecule has 64 valence electrons. The van der Waals surface area contributed by atoms with Gasteiger partial charge in [-0.3, -0.25) is 4.29 Å². The van der Waals surface area contributed by atoms with Gasteiger partial charge in [-0.2, -0.15) is 0 Å². The third-order valence-electron chi connectivity index (χ3n) is 0.950. The second kappa shape index (κ2) is 5.16. The monoisotopic (exact) mass is 178 g/mol. The van der Waals surface area contributed by atoms with Crippen molar-refractivity contribution >= 4 is 17.8 Å². The van der Waals surface area contributed by atoms with E-state index in [1.165, 1.54) is 0 Å². The minimum absolute atomic E-state index is 0.148. The molecule has 0 N–H and O–H groups in total. The van der Waals surface area contributed by atoms with Crippen molar-refractivity contribution in [1.29, 1.82) is 0 Å². The zero-order valence-electron chi connectivity index (χ0n) is 6.59. The molecule has 0 spiro atoms. The normalized spacial score (nSPS) is 12.3. The van der Waals surface area contributed by atoms with Crippen molar-refractivity contribution < 1.29 is 13.8 Å². The second-order valence-corrected chi connectivity index (χ2v) is 2.46. The van der Waals surface area contributed by atoms with Crippen LogP contribution in [0.25, 0.3) is 0 Å². The third kappa shape index (κ3) is 4.81. The predicted octanol–water partition coefficient (Wildman–Crippen LogP) is 1.66. The van der Waals surface area contributed by atoms with Crippen LogP contribution >= 0.6 is 11.9 Å². The number of hydrogen-bond acceptors (Lipinski definition) is 3. The van der Waals surface area contributed by atoms with Crippen LogP contribution in [0, 0.1) is 0 Å².